The predicted octanol–water partition coefficient (Wildman–Crippen LogP) is 2.85. The fourth-order valence-electron chi connectivity index (χ4n) is 2.28. The number of thioether (sulfide) groups is 2. The van der Waals surface area contributed by atoms with Crippen LogP contribution in [-0.4, -0.2) is 43.0 Å². The third-order valence-corrected chi connectivity index (χ3v) is 7.55. The van der Waals surface area contributed by atoms with E-state index < -0.39 is 0 Å². The predicted molar refractivity (Wildman–Crippen MR) is 87.9 cm³/mol. The van der Waals surface area contributed by atoms with Crippen LogP contribution in [0, 0.1) is 0 Å². The molecule has 0 spiro atoms. The summed E-state index contributed by atoms with van der Waals surface area (Å²) in [5.74, 6) is 1.17. The Bertz CT molecular complexity index is 406. The van der Waals surface area contributed by atoms with Crippen LogP contribution >= 0.6 is 39.5 Å². The Labute approximate surface area is 132 Å². The van der Waals surface area contributed by atoms with E-state index in [-0.39, 0.29) is 0 Å². The molecule has 1 aromatic heterocycles. The summed E-state index contributed by atoms with van der Waals surface area (Å²) in [6, 6.07) is 0.298. The zero-order chi connectivity index (χ0) is 14.0. The van der Waals surface area contributed by atoms with Crippen molar-refractivity contribution >= 4 is 39.5 Å². The summed E-state index contributed by atoms with van der Waals surface area (Å²) < 4.78 is 2.74. The zero-order valence-corrected chi connectivity index (χ0v) is 15.0. The Kier molecular flexibility index (Phi) is 5.63. The minimum atomic E-state index is 0.298. The molecule has 2 rings (SSSR count). The Balaban J connectivity index is 2.21. The maximum absolute atomic E-state index is 4.12. The Morgan fingerprint density at radius 2 is 2.21 bits per heavy atom. The standard InChI is InChI=1S/C12H21BrN4S2/c1-5-14-10(11-12(13)15-16-17(11)4)9-6-18-7(2)8(3)19-9/h7-10,14H,5-6H2,1-4H3. The summed E-state index contributed by atoms with van der Waals surface area (Å²) in [7, 11) is 1.96. The van der Waals surface area contributed by atoms with E-state index in [0.717, 1.165) is 22.1 Å². The number of nitrogens with one attached hydrogen (secondary N) is 1. The summed E-state index contributed by atoms with van der Waals surface area (Å²) in [6.45, 7) is 7.75. The number of rotatable bonds is 4. The van der Waals surface area contributed by atoms with Gasteiger partial charge in [-0.2, -0.15) is 23.5 Å². The molecule has 4 unspecified atom stereocenters. The fraction of sp³-hybridized carbons (Fsp3) is 0.833. The summed E-state index contributed by atoms with van der Waals surface area (Å²) >= 11 is 7.69. The van der Waals surface area contributed by atoms with Crippen LogP contribution in [0.5, 0.6) is 0 Å². The first-order chi connectivity index (χ1) is 9.04. The van der Waals surface area contributed by atoms with Crippen LogP contribution in [0.25, 0.3) is 0 Å². The van der Waals surface area contributed by atoms with Gasteiger partial charge in [-0.25, -0.2) is 4.68 Å². The molecule has 1 fully saturated rings. The number of hydrogen-bond acceptors (Lipinski definition) is 5. The Morgan fingerprint density at radius 1 is 1.47 bits per heavy atom. The molecule has 0 bridgehead atoms. The molecule has 1 aliphatic rings. The first-order valence-corrected chi connectivity index (χ1v) is 9.38. The molecule has 0 aromatic carbocycles. The molecular weight excluding hydrogens is 344 g/mol. The average Bonchev–Trinajstić information content (AvgIpc) is 2.70. The summed E-state index contributed by atoms with van der Waals surface area (Å²) in [5.41, 5.74) is 1.15. The maximum atomic E-state index is 4.12. The number of nitrogens with zero attached hydrogens (tertiary/aromatic N) is 3. The highest BCUT2D eigenvalue weighted by Crippen LogP contribution is 2.41. The highest BCUT2D eigenvalue weighted by atomic mass is 79.9. The second kappa shape index (κ2) is 6.83. The van der Waals surface area contributed by atoms with Gasteiger partial charge in [0.15, 0.2) is 4.60 Å². The first-order valence-electron chi connectivity index (χ1n) is 6.60. The van der Waals surface area contributed by atoms with E-state index in [4.69, 9.17) is 0 Å². The highest BCUT2D eigenvalue weighted by molar-refractivity contribution is 9.10. The molecule has 0 amide bonds. The lowest BCUT2D eigenvalue weighted by molar-refractivity contribution is 0.504. The summed E-state index contributed by atoms with van der Waals surface area (Å²) in [5, 5.41) is 13.8. The topological polar surface area (TPSA) is 42.7 Å². The van der Waals surface area contributed by atoms with Gasteiger partial charge in [0, 0.05) is 28.6 Å². The van der Waals surface area contributed by atoms with Gasteiger partial charge >= 0.3 is 0 Å². The van der Waals surface area contributed by atoms with E-state index in [9.17, 15) is 0 Å². The second-order valence-electron chi connectivity index (χ2n) is 4.84. The van der Waals surface area contributed by atoms with Crippen LogP contribution in [-0.2, 0) is 7.05 Å². The molecule has 0 radical (unpaired) electrons. The smallest absolute Gasteiger partial charge is 0.153 e. The number of hydrogen-bond donors (Lipinski definition) is 1. The normalized spacial score (nSPS) is 29.4. The molecule has 7 heteroatoms. The maximum Gasteiger partial charge on any atom is 0.153 e. The van der Waals surface area contributed by atoms with Crippen molar-refractivity contribution in [3.05, 3.63) is 10.3 Å². The van der Waals surface area contributed by atoms with Crippen molar-refractivity contribution in [2.45, 2.75) is 42.6 Å². The van der Waals surface area contributed by atoms with Gasteiger partial charge in [-0.3, -0.25) is 0 Å². The molecule has 4 atom stereocenters. The van der Waals surface area contributed by atoms with Gasteiger partial charge in [-0.15, -0.1) is 5.10 Å². The Hall–Kier alpha value is 0.280. The van der Waals surface area contributed by atoms with Crippen molar-refractivity contribution in [1.82, 2.24) is 20.3 Å². The van der Waals surface area contributed by atoms with Gasteiger partial charge in [0.05, 0.1) is 11.7 Å². The van der Waals surface area contributed by atoms with E-state index in [2.05, 4.69) is 75.9 Å². The van der Waals surface area contributed by atoms with Crippen LogP contribution in [0.3, 0.4) is 0 Å². The quantitative estimate of drug-likeness (QED) is 0.889. The van der Waals surface area contributed by atoms with Crippen molar-refractivity contribution in [1.29, 1.82) is 0 Å². The van der Waals surface area contributed by atoms with E-state index in [0.29, 0.717) is 16.5 Å². The van der Waals surface area contributed by atoms with E-state index in [1.165, 1.54) is 5.75 Å². The monoisotopic (exact) mass is 364 g/mol. The van der Waals surface area contributed by atoms with Crippen LogP contribution in [0.2, 0.25) is 0 Å². The van der Waals surface area contributed by atoms with Gasteiger partial charge in [0.2, 0.25) is 0 Å². The number of aryl methyl sites for hydroxylation is 1. The van der Waals surface area contributed by atoms with Gasteiger partial charge < -0.3 is 5.32 Å². The van der Waals surface area contributed by atoms with Crippen LogP contribution in [0.1, 0.15) is 32.5 Å². The lowest BCUT2D eigenvalue weighted by atomic mass is 10.1. The van der Waals surface area contributed by atoms with Crippen molar-refractivity contribution in [3.63, 3.8) is 0 Å². The number of aromatic nitrogens is 3. The Morgan fingerprint density at radius 3 is 2.74 bits per heavy atom. The molecule has 2 heterocycles. The molecule has 4 nitrogen and oxygen atoms in total. The summed E-state index contributed by atoms with van der Waals surface area (Å²) in [6.07, 6.45) is 0. The minimum absolute atomic E-state index is 0.298. The zero-order valence-electron chi connectivity index (χ0n) is 11.8. The molecule has 1 aliphatic heterocycles. The molecule has 1 saturated heterocycles. The SMILES string of the molecule is CCNC(c1c(Br)nnn1C)C1CSC(C)C(C)S1. The third kappa shape index (κ3) is 3.49. The van der Waals surface area contributed by atoms with Gasteiger partial charge in [-0.05, 0) is 22.5 Å². The lowest BCUT2D eigenvalue weighted by Gasteiger charge is -2.36. The van der Waals surface area contributed by atoms with E-state index in [1.807, 2.05) is 11.7 Å². The largest absolute Gasteiger partial charge is 0.308 e. The van der Waals surface area contributed by atoms with Crippen LogP contribution < -0.4 is 5.32 Å². The van der Waals surface area contributed by atoms with Gasteiger partial charge in [0.25, 0.3) is 0 Å². The van der Waals surface area contributed by atoms with Crippen molar-refractivity contribution in [2.75, 3.05) is 12.3 Å². The minimum Gasteiger partial charge on any atom is -0.308 e. The van der Waals surface area contributed by atoms with Crippen molar-refractivity contribution < 1.29 is 0 Å². The van der Waals surface area contributed by atoms with Gasteiger partial charge in [0.1, 0.15) is 0 Å². The van der Waals surface area contributed by atoms with Crippen LogP contribution in [0.15, 0.2) is 4.60 Å². The van der Waals surface area contributed by atoms with Crippen molar-refractivity contribution in [2.24, 2.45) is 7.05 Å². The van der Waals surface area contributed by atoms with E-state index in [1.54, 1.807) is 0 Å². The average molecular weight is 365 g/mol. The molecule has 19 heavy (non-hydrogen) atoms. The molecule has 1 N–H and O–H groups in total. The van der Waals surface area contributed by atoms with E-state index >= 15 is 0 Å². The molecule has 0 saturated carbocycles. The van der Waals surface area contributed by atoms with Gasteiger partial charge in [-0.1, -0.05) is 26.0 Å². The molecule has 1 aromatic rings. The molecule has 108 valence electrons. The lowest BCUT2D eigenvalue weighted by Crippen LogP contribution is -2.38. The summed E-state index contributed by atoms with van der Waals surface area (Å²) in [4.78, 5) is 0. The van der Waals surface area contributed by atoms with Crippen LogP contribution in [0.4, 0.5) is 0 Å². The van der Waals surface area contributed by atoms with Crippen molar-refractivity contribution in [3.8, 4) is 0 Å². The highest BCUT2D eigenvalue weighted by Gasteiger charge is 2.34. The second-order valence-corrected chi connectivity index (χ2v) is 8.63. The number of halogens is 1. The first kappa shape index (κ1) is 15.7. The third-order valence-electron chi connectivity index (χ3n) is 3.49. The molecule has 0 aliphatic carbocycles. The fourth-order valence-corrected chi connectivity index (χ4v) is 5.94. The molecular formula is C12H21BrN4S2.